The van der Waals surface area contributed by atoms with Crippen molar-refractivity contribution in [3.05, 3.63) is 95.1 Å². The minimum absolute atomic E-state index is 0.102. The largest absolute Gasteiger partial charge is 0.508 e. The van der Waals surface area contributed by atoms with Crippen LogP contribution in [0.5, 0.6) is 11.5 Å². The summed E-state index contributed by atoms with van der Waals surface area (Å²) in [7, 11) is 0. The van der Waals surface area contributed by atoms with E-state index >= 15 is 0 Å². The summed E-state index contributed by atoms with van der Waals surface area (Å²) in [4.78, 5) is 0. The second kappa shape index (κ2) is 7.83. The normalized spacial score (nSPS) is 20.9. The molecule has 0 bridgehead atoms. The van der Waals surface area contributed by atoms with Crippen LogP contribution >= 0.6 is 0 Å². The van der Waals surface area contributed by atoms with Crippen molar-refractivity contribution >= 4 is 0 Å². The molecule has 1 unspecified atom stereocenters. The second-order valence-electron chi connectivity index (χ2n) is 9.32. The molecule has 4 rings (SSSR count). The molecule has 0 spiro atoms. The molecule has 0 aromatic heterocycles. The molecule has 2 nitrogen and oxygen atoms in total. The first-order valence-electron chi connectivity index (χ1n) is 11.1. The third-order valence-corrected chi connectivity index (χ3v) is 7.36. The number of benzene rings is 3. The minimum atomic E-state index is -0.230. The highest BCUT2D eigenvalue weighted by molar-refractivity contribution is 5.51. The minimum Gasteiger partial charge on any atom is -0.508 e. The standard InChI is InChI=1S/C28H32O2/c1-20(2)21-6-8-22(9-7-21)27(3)18-4-5-19-28(27,23-10-14-25(29)15-11-23)24-12-16-26(30)17-13-24/h6-17,20,29-30H,4-5,18-19H2,1-3H3. The van der Waals surface area contributed by atoms with Gasteiger partial charge < -0.3 is 10.2 Å². The SMILES string of the molecule is CC(C)c1ccc(C2(C)CCCCC2(c2ccc(O)cc2)c2ccc(O)cc2)cc1. The van der Waals surface area contributed by atoms with Crippen LogP contribution in [0, 0.1) is 0 Å². The Balaban J connectivity index is 1.95. The van der Waals surface area contributed by atoms with E-state index in [0.29, 0.717) is 17.4 Å². The maximum Gasteiger partial charge on any atom is 0.115 e. The summed E-state index contributed by atoms with van der Waals surface area (Å²) < 4.78 is 0. The van der Waals surface area contributed by atoms with Crippen molar-refractivity contribution in [2.45, 2.75) is 63.2 Å². The first-order chi connectivity index (χ1) is 14.4. The highest BCUT2D eigenvalue weighted by Gasteiger charge is 2.52. The topological polar surface area (TPSA) is 40.5 Å². The van der Waals surface area contributed by atoms with E-state index in [1.165, 1.54) is 28.7 Å². The fraction of sp³-hybridized carbons (Fsp3) is 0.357. The summed E-state index contributed by atoms with van der Waals surface area (Å²) in [5, 5.41) is 19.9. The van der Waals surface area contributed by atoms with Crippen molar-refractivity contribution in [3.63, 3.8) is 0 Å². The summed E-state index contributed by atoms with van der Waals surface area (Å²) in [6, 6.07) is 24.7. The maximum absolute atomic E-state index is 9.94. The molecule has 2 heteroatoms. The monoisotopic (exact) mass is 400 g/mol. The van der Waals surface area contributed by atoms with E-state index in [2.05, 4.69) is 69.3 Å². The number of hydrogen-bond donors (Lipinski definition) is 2. The lowest BCUT2D eigenvalue weighted by atomic mass is 9.49. The Morgan fingerprint density at radius 2 is 1.07 bits per heavy atom. The van der Waals surface area contributed by atoms with Gasteiger partial charge in [-0.15, -0.1) is 0 Å². The Labute approximate surface area is 180 Å². The van der Waals surface area contributed by atoms with Crippen LogP contribution in [0.4, 0.5) is 0 Å². The number of aromatic hydroxyl groups is 2. The Hall–Kier alpha value is -2.74. The summed E-state index contributed by atoms with van der Waals surface area (Å²) in [5.74, 6) is 1.09. The molecule has 156 valence electrons. The first-order valence-corrected chi connectivity index (χ1v) is 11.1. The van der Waals surface area contributed by atoms with Gasteiger partial charge in [0.05, 0.1) is 0 Å². The zero-order valence-corrected chi connectivity index (χ0v) is 18.2. The molecule has 1 saturated carbocycles. The molecule has 3 aromatic rings. The third kappa shape index (κ3) is 3.29. The third-order valence-electron chi connectivity index (χ3n) is 7.36. The van der Waals surface area contributed by atoms with Crippen LogP contribution in [0.2, 0.25) is 0 Å². The lowest BCUT2D eigenvalue weighted by Crippen LogP contribution is -2.50. The molecule has 0 aliphatic heterocycles. The molecule has 0 radical (unpaired) electrons. The van der Waals surface area contributed by atoms with Crippen molar-refractivity contribution < 1.29 is 10.2 Å². The average Bonchev–Trinajstić information content (AvgIpc) is 2.75. The number of rotatable bonds is 4. The molecule has 0 amide bonds. The van der Waals surface area contributed by atoms with Gasteiger partial charge in [0.1, 0.15) is 11.5 Å². The van der Waals surface area contributed by atoms with Crippen LogP contribution in [-0.4, -0.2) is 10.2 Å². The van der Waals surface area contributed by atoms with E-state index in [4.69, 9.17) is 0 Å². The summed E-state index contributed by atoms with van der Waals surface area (Å²) in [6.07, 6.45) is 4.47. The smallest absolute Gasteiger partial charge is 0.115 e. The predicted octanol–water partition coefficient (Wildman–Crippen LogP) is 7.04. The summed E-state index contributed by atoms with van der Waals surface area (Å²) >= 11 is 0. The average molecular weight is 401 g/mol. The van der Waals surface area contributed by atoms with Crippen molar-refractivity contribution in [2.24, 2.45) is 0 Å². The van der Waals surface area contributed by atoms with Crippen LogP contribution in [0.15, 0.2) is 72.8 Å². The number of phenolic OH excluding ortho intramolecular Hbond substituents is 2. The molecule has 1 aliphatic carbocycles. The van der Waals surface area contributed by atoms with E-state index in [0.717, 1.165) is 19.3 Å². The van der Waals surface area contributed by atoms with Crippen LogP contribution < -0.4 is 0 Å². The van der Waals surface area contributed by atoms with Crippen molar-refractivity contribution in [1.29, 1.82) is 0 Å². The van der Waals surface area contributed by atoms with Gasteiger partial charge in [-0.2, -0.15) is 0 Å². The number of hydrogen-bond acceptors (Lipinski definition) is 2. The molecule has 1 atom stereocenters. The molecule has 30 heavy (non-hydrogen) atoms. The van der Waals surface area contributed by atoms with E-state index in [9.17, 15) is 10.2 Å². The van der Waals surface area contributed by atoms with Gasteiger partial charge in [0.2, 0.25) is 0 Å². The van der Waals surface area contributed by atoms with E-state index < -0.39 is 0 Å². The molecule has 0 saturated heterocycles. The molecule has 2 N–H and O–H groups in total. The predicted molar refractivity (Wildman–Crippen MR) is 123 cm³/mol. The molecular weight excluding hydrogens is 368 g/mol. The lowest BCUT2D eigenvalue weighted by Gasteiger charge is -2.53. The number of phenols is 2. The van der Waals surface area contributed by atoms with Crippen molar-refractivity contribution in [3.8, 4) is 11.5 Å². The lowest BCUT2D eigenvalue weighted by molar-refractivity contribution is 0.191. The van der Waals surface area contributed by atoms with Gasteiger partial charge in [-0.05, 0) is 65.3 Å². The molecular formula is C28H32O2. The summed E-state index contributed by atoms with van der Waals surface area (Å²) in [5.41, 5.74) is 4.83. The van der Waals surface area contributed by atoms with Crippen LogP contribution in [0.1, 0.15) is 74.6 Å². The zero-order chi connectivity index (χ0) is 21.4. The fourth-order valence-electron chi connectivity index (χ4n) is 5.57. The van der Waals surface area contributed by atoms with Gasteiger partial charge in [-0.1, -0.05) is 82.1 Å². The van der Waals surface area contributed by atoms with Gasteiger partial charge in [0, 0.05) is 10.8 Å². The highest BCUT2D eigenvalue weighted by Crippen LogP contribution is 2.57. The van der Waals surface area contributed by atoms with Gasteiger partial charge in [0.15, 0.2) is 0 Å². The van der Waals surface area contributed by atoms with E-state index in [1.807, 2.05) is 0 Å². The fourth-order valence-corrected chi connectivity index (χ4v) is 5.57. The van der Waals surface area contributed by atoms with Crippen LogP contribution in [0.25, 0.3) is 0 Å². The molecule has 1 fully saturated rings. The summed E-state index contributed by atoms with van der Waals surface area (Å²) in [6.45, 7) is 6.86. The zero-order valence-electron chi connectivity index (χ0n) is 18.2. The van der Waals surface area contributed by atoms with Gasteiger partial charge in [0.25, 0.3) is 0 Å². The Morgan fingerprint density at radius 3 is 1.53 bits per heavy atom. The van der Waals surface area contributed by atoms with E-state index in [1.54, 1.807) is 24.3 Å². The van der Waals surface area contributed by atoms with Crippen molar-refractivity contribution in [2.75, 3.05) is 0 Å². The first kappa shape index (κ1) is 20.5. The highest BCUT2D eigenvalue weighted by atomic mass is 16.3. The Bertz CT molecular complexity index is 939. The second-order valence-corrected chi connectivity index (χ2v) is 9.32. The van der Waals surface area contributed by atoms with Gasteiger partial charge in [-0.25, -0.2) is 0 Å². The Morgan fingerprint density at radius 1 is 0.633 bits per heavy atom. The van der Waals surface area contributed by atoms with Gasteiger partial charge in [-0.3, -0.25) is 0 Å². The quantitative estimate of drug-likeness (QED) is 0.493. The van der Waals surface area contributed by atoms with Crippen LogP contribution in [-0.2, 0) is 10.8 Å². The van der Waals surface area contributed by atoms with E-state index in [-0.39, 0.29) is 10.8 Å². The van der Waals surface area contributed by atoms with Crippen LogP contribution in [0.3, 0.4) is 0 Å². The maximum atomic E-state index is 9.94. The molecule has 3 aromatic carbocycles. The van der Waals surface area contributed by atoms with Crippen molar-refractivity contribution in [1.82, 2.24) is 0 Å². The van der Waals surface area contributed by atoms with Gasteiger partial charge >= 0.3 is 0 Å². The Kier molecular flexibility index (Phi) is 5.36. The molecule has 0 heterocycles. The molecule has 1 aliphatic rings.